The highest BCUT2D eigenvalue weighted by Crippen LogP contribution is 2.32. The molecule has 0 radical (unpaired) electrons. The fourth-order valence-corrected chi connectivity index (χ4v) is 3.42. The Morgan fingerprint density at radius 1 is 0.931 bits per heavy atom. The van der Waals surface area contributed by atoms with E-state index in [1.807, 2.05) is 30.3 Å². The van der Waals surface area contributed by atoms with Gasteiger partial charge in [-0.05, 0) is 30.7 Å². The summed E-state index contributed by atoms with van der Waals surface area (Å²) in [6.07, 6.45) is 1.76. The number of fused-ring (bicyclic) bond motifs is 2. The van der Waals surface area contributed by atoms with E-state index < -0.39 is 0 Å². The van der Waals surface area contributed by atoms with Crippen LogP contribution in [0, 0.1) is 6.92 Å². The lowest BCUT2D eigenvalue weighted by molar-refractivity contribution is 0.0762. The summed E-state index contributed by atoms with van der Waals surface area (Å²) in [6.45, 7) is 6.17. The van der Waals surface area contributed by atoms with Gasteiger partial charge in [-0.15, -0.1) is 0 Å². The van der Waals surface area contributed by atoms with Crippen LogP contribution in [0.1, 0.15) is 16.7 Å². The van der Waals surface area contributed by atoms with Gasteiger partial charge in [-0.25, -0.2) is 4.98 Å². The Hall–Kier alpha value is -2.89. The van der Waals surface area contributed by atoms with Crippen molar-refractivity contribution in [2.24, 2.45) is 0 Å². The van der Waals surface area contributed by atoms with E-state index in [-0.39, 0.29) is 0 Å². The smallest absolute Gasteiger partial charge is 0.223 e. The molecule has 0 fully saturated rings. The molecule has 150 valence electrons. The molecule has 1 aliphatic rings. The molecule has 5 heteroatoms. The summed E-state index contributed by atoms with van der Waals surface area (Å²) >= 11 is 0. The zero-order valence-corrected chi connectivity index (χ0v) is 16.7. The lowest BCUT2D eigenvalue weighted by atomic mass is 10.1. The van der Waals surface area contributed by atoms with Gasteiger partial charge in [-0.1, -0.05) is 48.0 Å². The first-order valence-electron chi connectivity index (χ1n) is 9.97. The van der Waals surface area contributed by atoms with Crippen LogP contribution < -0.4 is 9.47 Å². The number of aryl methyl sites for hydroxylation is 1. The van der Waals surface area contributed by atoms with Gasteiger partial charge in [0.05, 0.1) is 13.2 Å². The predicted molar refractivity (Wildman–Crippen MR) is 112 cm³/mol. The fraction of sp³-hybridized carbons (Fsp3) is 0.292. The van der Waals surface area contributed by atoms with Crippen LogP contribution in [0.4, 0.5) is 0 Å². The van der Waals surface area contributed by atoms with Gasteiger partial charge in [0.2, 0.25) is 5.88 Å². The maximum atomic E-state index is 6.17. The van der Waals surface area contributed by atoms with Crippen LogP contribution in [-0.4, -0.2) is 36.2 Å². The number of hydrogen-bond acceptors (Lipinski definition) is 5. The average Bonchev–Trinajstić information content (AvgIpc) is 2.74. The molecule has 1 aliphatic heterocycles. The van der Waals surface area contributed by atoms with E-state index in [1.54, 1.807) is 6.20 Å². The molecule has 2 heterocycles. The van der Waals surface area contributed by atoms with Crippen LogP contribution in [0.2, 0.25) is 0 Å². The molecule has 29 heavy (non-hydrogen) atoms. The van der Waals surface area contributed by atoms with Gasteiger partial charge >= 0.3 is 0 Å². The predicted octanol–water partition coefficient (Wildman–Crippen LogP) is 4.59. The highest BCUT2D eigenvalue weighted by molar-refractivity contribution is 5.43. The Morgan fingerprint density at radius 2 is 1.83 bits per heavy atom. The summed E-state index contributed by atoms with van der Waals surface area (Å²) in [6, 6.07) is 20.3. The molecule has 0 unspecified atom stereocenters. The largest absolute Gasteiger partial charge is 0.487 e. The van der Waals surface area contributed by atoms with Crippen molar-refractivity contribution in [2.75, 3.05) is 26.4 Å². The van der Waals surface area contributed by atoms with E-state index >= 15 is 0 Å². The number of aromatic nitrogens is 1. The van der Waals surface area contributed by atoms with Crippen molar-refractivity contribution >= 4 is 0 Å². The van der Waals surface area contributed by atoms with E-state index in [2.05, 4.69) is 47.1 Å². The van der Waals surface area contributed by atoms with Gasteiger partial charge in [0.15, 0.2) is 11.5 Å². The zero-order valence-electron chi connectivity index (χ0n) is 16.7. The molecular weight excluding hydrogens is 364 g/mol. The van der Waals surface area contributed by atoms with Gasteiger partial charge in [0, 0.05) is 31.4 Å². The molecule has 5 nitrogen and oxygen atoms in total. The third-order valence-corrected chi connectivity index (χ3v) is 4.83. The Balaban J connectivity index is 1.61. The van der Waals surface area contributed by atoms with Gasteiger partial charge in [-0.3, -0.25) is 4.90 Å². The van der Waals surface area contributed by atoms with Gasteiger partial charge in [0.25, 0.3) is 0 Å². The quantitative estimate of drug-likeness (QED) is 0.640. The molecule has 0 bridgehead atoms. The molecule has 3 aromatic rings. The molecule has 4 rings (SSSR count). The molecule has 2 aromatic carbocycles. The van der Waals surface area contributed by atoms with Crippen LogP contribution >= 0.6 is 0 Å². The minimum Gasteiger partial charge on any atom is -0.487 e. The molecule has 0 spiro atoms. The van der Waals surface area contributed by atoms with E-state index in [0.29, 0.717) is 37.2 Å². The second-order valence-corrected chi connectivity index (χ2v) is 7.18. The number of nitrogens with zero attached hydrogens (tertiary/aromatic N) is 2. The molecule has 0 saturated heterocycles. The number of rotatable bonds is 2. The highest BCUT2D eigenvalue weighted by atomic mass is 16.5. The monoisotopic (exact) mass is 390 g/mol. The minimum atomic E-state index is 0.479. The van der Waals surface area contributed by atoms with Crippen LogP contribution in [0.5, 0.6) is 17.4 Å². The van der Waals surface area contributed by atoms with E-state index in [9.17, 15) is 0 Å². The lowest BCUT2D eigenvalue weighted by Gasteiger charge is -2.23. The summed E-state index contributed by atoms with van der Waals surface area (Å²) in [5, 5.41) is 0. The van der Waals surface area contributed by atoms with Gasteiger partial charge in [0.1, 0.15) is 6.61 Å². The standard InChI is InChI=1S/C24H26N2O3/c1-19-6-4-7-20(16-19)17-26-12-13-27-14-15-28-22-9-2-3-10-23(22)29-24-21(18-26)8-5-11-25-24/h2-11,16H,12-15,17-18H2,1H3. The van der Waals surface area contributed by atoms with Crippen molar-refractivity contribution in [1.82, 2.24) is 9.88 Å². The topological polar surface area (TPSA) is 43.8 Å². The molecule has 1 aromatic heterocycles. The zero-order chi connectivity index (χ0) is 19.9. The summed E-state index contributed by atoms with van der Waals surface area (Å²) in [5.74, 6) is 1.97. The van der Waals surface area contributed by atoms with Crippen molar-refractivity contribution < 1.29 is 14.2 Å². The third kappa shape index (κ3) is 5.34. The van der Waals surface area contributed by atoms with Crippen LogP contribution in [-0.2, 0) is 17.8 Å². The Labute approximate surface area is 171 Å². The van der Waals surface area contributed by atoms with Crippen LogP contribution in [0.25, 0.3) is 0 Å². The lowest BCUT2D eigenvalue weighted by Crippen LogP contribution is -2.27. The summed E-state index contributed by atoms with van der Waals surface area (Å²) in [7, 11) is 0. The fourth-order valence-electron chi connectivity index (χ4n) is 3.42. The van der Waals surface area contributed by atoms with E-state index in [0.717, 1.165) is 25.2 Å². The second kappa shape index (κ2) is 9.54. The summed E-state index contributed by atoms with van der Waals surface area (Å²) < 4.78 is 17.8. The number of para-hydroxylation sites is 2. The third-order valence-electron chi connectivity index (χ3n) is 4.83. The highest BCUT2D eigenvalue weighted by Gasteiger charge is 2.15. The number of ether oxygens (including phenoxy) is 3. The molecule has 0 N–H and O–H groups in total. The van der Waals surface area contributed by atoms with Gasteiger partial charge in [-0.2, -0.15) is 0 Å². The first-order valence-corrected chi connectivity index (χ1v) is 9.97. The maximum Gasteiger partial charge on any atom is 0.223 e. The normalized spacial score (nSPS) is 15.5. The number of hydrogen-bond donors (Lipinski definition) is 0. The molecule has 0 atom stereocenters. The molecule has 0 amide bonds. The van der Waals surface area contributed by atoms with E-state index in [4.69, 9.17) is 14.2 Å². The number of benzene rings is 2. The minimum absolute atomic E-state index is 0.479. The first kappa shape index (κ1) is 19.4. The molecule has 0 saturated carbocycles. The Bertz CT molecular complexity index is 945. The van der Waals surface area contributed by atoms with Crippen LogP contribution in [0.3, 0.4) is 0 Å². The Kier molecular flexibility index (Phi) is 6.39. The van der Waals surface area contributed by atoms with Crippen molar-refractivity contribution in [2.45, 2.75) is 20.0 Å². The summed E-state index contributed by atoms with van der Waals surface area (Å²) in [4.78, 5) is 6.85. The average molecular weight is 390 g/mol. The SMILES string of the molecule is Cc1cccc(CN2CCOCCOc3ccccc3Oc3ncccc3C2)c1. The molecule has 0 aliphatic carbocycles. The van der Waals surface area contributed by atoms with Crippen molar-refractivity contribution in [3.8, 4) is 17.4 Å². The van der Waals surface area contributed by atoms with E-state index in [1.165, 1.54) is 11.1 Å². The summed E-state index contributed by atoms with van der Waals surface area (Å²) in [5.41, 5.74) is 3.59. The maximum absolute atomic E-state index is 6.17. The van der Waals surface area contributed by atoms with Crippen molar-refractivity contribution in [3.63, 3.8) is 0 Å². The molecular formula is C24H26N2O3. The first-order chi connectivity index (χ1) is 14.3. The Morgan fingerprint density at radius 3 is 2.72 bits per heavy atom. The second-order valence-electron chi connectivity index (χ2n) is 7.18. The van der Waals surface area contributed by atoms with Crippen molar-refractivity contribution in [1.29, 1.82) is 0 Å². The van der Waals surface area contributed by atoms with Gasteiger partial charge < -0.3 is 14.2 Å². The van der Waals surface area contributed by atoms with Crippen LogP contribution in [0.15, 0.2) is 66.9 Å². The number of pyridine rings is 1. The van der Waals surface area contributed by atoms with Crippen molar-refractivity contribution in [3.05, 3.63) is 83.6 Å².